The molecule has 164 valence electrons. The third kappa shape index (κ3) is 4.77. The van der Waals surface area contributed by atoms with Crippen LogP contribution >= 0.6 is 11.8 Å². The highest BCUT2D eigenvalue weighted by Crippen LogP contribution is 2.41. The Bertz CT molecular complexity index is 1040. The summed E-state index contributed by atoms with van der Waals surface area (Å²) in [6.45, 7) is 4.12. The van der Waals surface area contributed by atoms with Gasteiger partial charge in [0.15, 0.2) is 22.5 Å². The van der Waals surface area contributed by atoms with Gasteiger partial charge in [-0.25, -0.2) is 0 Å². The molecule has 3 rings (SSSR count). The van der Waals surface area contributed by atoms with Crippen LogP contribution in [-0.4, -0.2) is 54.4 Å². The average Bonchev–Trinajstić information content (AvgIpc) is 3.20. The van der Waals surface area contributed by atoms with Crippen molar-refractivity contribution in [3.63, 3.8) is 0 Å². The highest BCUT2D eigenvalue weighted by atomic mass is 32.2. The van der Waals surface area contributed by atoms with Crippen LogP contribution < -0.4 is 14.2 Å². The molecule has 0 aliphatic carbocycles. The fourth-order valence-corrected chi connectivity index (χ4v) is 3.86. The first-order valence-corrected chi connectivity index (χ1v) is 10.6. The average molecular weight is 444 g/mol. The summed E-state index contributed by atoms with van der Waals surface area (Å²) < 4.78 is 23.4. The van der Waals surface area contributed by atoms with Crippen molar-refractivity contribution in [1.29, 1.82) is 0 Å². The first-order chi connectivity index (χ1) is 15.0. The normalized spacial score (nSPS) is 10.6. The number of thioether (sulfide) groups is 1. The molecule has 2 aromatic carbocycles. The largest absolute Gasteiger partial charge is 0.493 e. The number of esters is 1. The lowest BCUT2D eigenvalue weighted by Gasteiger charge is -2.16. The minimum absolute atomic E-state index is 0.132. The highest BCUT2D eigenvalue weighted by Gasteiger charge is 2.22. The van der Waals surface area contributed by atoms with E-state index in [1.165, 1.54) is 11.8 Å². The van der Waals surface area contributed by atoms with Crippen LogP contribution in [-0.2, 0) is 9.53 Å². The molecule has 0 unspecified atom stereocenters. The van der Waals surface area contributed by atoms with Crippen LogP contribution in [0.4, 0.5) is 0 Å². The van der Waals surface area contributed by atoms with Crippen LogP contribution in [0, 0.1) is 6.92 Å². The SMILES string of the molecule is CCOC(=O)CSc1nnc(-c2cc(OC)c(OC)c(OC)c2)n1-c1ccccc1C. The number of rotatable bonds is 9. The van der Waals surface area contributed by atoms with Crippen molar-refractivity contribution in [2.24, 2.45) is 0 Å². The summed E-state index contributed by atoms with van der Waals surface area (Å²) in [5.74, 6) is 1.93. The van der Waals surface area contributed by atoms with Crippen molar-refractivity contribution in [3.05, 3.63) is 42.0 Å². The number of hydrogen-bond acceptors (Lipinski definition) is 8. The van der Waals surface area contributed by atoms with E-state index >= 15 is 0 Å². The zero-order chi connectivity index (χ0) is 22.4. The molecular weight excluding hydrogens is 418 g/mol. The predicted molar refractivity (Wildman–Crippen MR) is 119 cm³/mol. The van der Waals surface area contributed by atoms with Crippen molar-refractivity contribution in [2.75, 3.05) is 33.7 Å². The van der Waals surface area contributed by atoms with E-state index in [1.54, 1.807) is 28.3 Å². The van der Waals surface area contributed by atoms with Gasteiger partial charge in [0.2, 0.25) is 5.75 Å². The number of nitrogens with zero attached hydrogens (tertiary/aromatic N) is 3. The third-order valence-electron chi connectivity index (χ3n) is 4.54. The van der Waals surface area contributed by atoms with E-state index in [2.05, 4.69) is 10.2 Å². The van der Waals surface area contributed by atoms with Crippen molar-refractivity contribution in [1.82, 2.24) is 14.8 Å². The van der Waals surface area contributed by atoms with Crippen molar-refractivity contribution < 1.29 is 23.7 Å². The standard InChI is InChI=1S/C22H25N3O5S/c1-6-30-19(26)13-31-22-24-23-21(25(22)16-10-8-7-9-14(16)2)15-11-17(27-3)20(29-5)18(12-15)28-4/h7-12H,6,13H2,1-5H3. The van der Waals surface area contributed by atoms with E-state index in [9.17, 15) is 4.79 Å². The van der Waals surface area contributed by atoms with Gasteiger partial charge in [0.25, 0.3) is 0 Å². The molecule has 0 aliphatic heterocycles. The molecule has 8 nitrogen and oxygen atoms in total. The molecule has 3 aromatic rings. The topological polar surface area (TPSA) is 84.7 Å². The minimum Gasteiger partial charge on any atom is -0.493 e. The maximum Gasteiger partial charge on any atom is 0.316 e. The Morgan fingerprint density at radius 3 is 2.29 bits per heavy atom. The van der Waals surface area contributed by atoms with Gasteiger partial charge in [-0.3, -0.25) is 9.36 Å². The summed E-state index contributed by atoms with van der Waals surface area (Å²) >= 11 is 1.27. The van der Waals surface area contributed by atoms with Gasteiger partial charge in [0.1, 0.15) is 0 Å². The van der Waals surface area contributed by atoms with Gasteiger partial charge in [-0.15, -0.1) is 10.2 Å². The number of methoxy groups -OCH3 is 3. The quantitative estimate of drug-likeness (QED) is 0.363. The Kier molecular flexibility index (Phi) is 7.41. The van der Waals surface area contributed by atoms with Gasteiger partial charge < -0.3 is 18.9 Å². The number of carbonyl (C=O) groups excluding carboxylic acids is 1. The Morgan fingerprint density at radius 1 is 1.03 bits per heavy atom. The van der Waals surface area contributed by atoms with Gasteiger partial charge >= 0.3 is 5.97 Å². The number of para-hydroxylation sites is 1. The summed E-state index contributed by atoms with van der Waals surface area (Å²) in [5.41, 5.74) is 2.67. The summed E-state index contributed by atoms with van der Waals surface area (Å²) in [6.07, 6.45) is 0. The highest BCUT2D eigenvalue weighted by molar-refractivity contribution is 7.99. The molecule has 0 atom stereocenters. The number of aromatic nitrogens is 3. The molecule has 0 radical (unpaired) electrons. The summed E-state index contributed by atoms with van der Waals surface area (Å²) in [7, 11) is 4.68. The van der Waals surface area contributed by atoms with Gasteiger partial charge in [-0.1, -0.05) is 30.0 Å². The summed E-state index contributed by atoms with van der Waals surface area (Å²) in [5, 5.41) is 9.35. The smallest absolute Gasteiger partial charge is 0.316 e. The van der Waals surface area contributed by atoms with E-state index < -0.39 is 0 Å². The van der Waals surface area contributed by atoms with Gasteiger partial charge in [0, 0.05) is 5.56 Å². The number of carbonyl (C=O) groups is 1. The lowest BCUT2D eigenvalue weighted by molar-refractivity contribution is -0.139. The second-order valence-corrected chi connectivity index (χ2v) is 7.38. The van der Waals surface area contributed by atoms with Gasteiger partial charge in [-0.05, 0) is 37.6 Å². The number of hydrogen-bond donors (Lipinski definition) is 0. The van der Waals surface area contributed by atoms with E-state index in [-0.39, 0.29) is 11.7 Å². The molecular formula is C22H25N3O5S. The lowest BCUT2D eigenvalue weighted by Crippen LogP contribution is -2.08. The van der Waals surface area contributed by atoms with Crippen LogP contribution in [0.2, 0.25) is 0 Å². The van der Waals surface area contributed by atoms with Crippen LogP contribution in [0.25, 0.3) is 17.1 Å². The van der Waals surface area contributed by atoms with E-state index in [4.69, 9.17) is 18.9 Å². The van der Waals surface area contributed by atoms with Crippen LogP contribution in [0.1, 0.15) is 12.5 Å². The first-order valence-electron chi connectivity index (χ1n) is 9.64. The Morgan fingerprint density at radius 2 is 1.71 bits per heavy atom. The molecule has 0 aliphatic rings. The molecule has 0 saturated carbocycles. The molecule has 1 aromatic heterocycles. The molecule has 0 saturated heterocycles. The summed E-state index contributed by atoms with van der Waals surface area (Å²) in [6, 6.07) is 11.5. The van der Waals surface area contributed by atoms with E-state index in [0.717, 1.165) is 16.8 Å². The Labute approximate surface area is 185 Å². The fraction of sp³-hybridized carbons (Fsp3) is 0.318. The maximum atomic E-state index is 11.9. The third-order valence-corrected chi connectivity index (χ3v) is 5.44. The molecule has 31 heavy (non-hydrogen) atoms. The number of ether oxygens (including phenoxy) is 4. The predicted octanol–water partition coefficient (Wildman–Crippen LogP) is 3.92. The van der Waals surface area contributed by atoms with E-state index in [0.29, 0.717) is 34.8 Å². The minimum atomic E-state index is -0.304. The lowest BCUT2D eigenvalue weighted by atomic mass is 10.1. The molecule has 0 amide bonds. The summed E-state index contributed by atoms with van der Waals surface area (Å²) in [4.78, 5) is 11.9. The molecule has 0 bridgehead atoms. The van der Waals surface area contributed by atoms with Gasteiger partial charge in [-0.2, -0.15) is 0 Å². The van der Waals surface area contributed by atoms with Crippen molar-refractivity contribution in [3.8, 4) is 34.3 Å². The maximum absolute atomic E-state index is 11.9. The Balaban J connectivity index is 2.15. The number of benzene rings is 2. The molecule has 0 fully saturated rings. The second kappa shape index (κ2) is 10.2. The monoisotopic (exact) mass is 443 g/mol. The number of aryl methyl sites for hydroxylation is 1. The van der Waals surface area contributed by atoms with Crippen molar-refractivity contribution >= 4 is 17.7 Å². The molecule has 0 spiro atoms. The second-order valence-electron chi connectivity index (χ2n) is 6.44. The molecule has 0 N–H and O–H groups in total. The van der Waals surface area contributed by atoms with E-state index in [1.807, 2.05) is 47.9 Å². The van der Waals surface area contributed by atoms with Crippen LogP contribution in [0.5, 0.6) is 17.2 Å². The molecule has 9 heteroatoms. The first kappa shape index (κ1) is 22.5. The zero-order valence-electron chi connectivity index (χ0n) is 18.2. The van der Waals surface area contributed by atoms with Crippen LogP contribution in [0.15, 0.2) is 41.6 Å². The van der Waals surface area contributed by atoms with Crippen LogP contribution in [0.3, 0.4) is 0 Å². The van der Waals surface area contributed by atoms with Crippen molar-refractivity contribution in [2.45, 2.75) is 19.0 Å². The fourth-order valence-electron chi connectivity index (χ4n) is 3.12. The molecule has 1 heterocycles. The zero-order valence-corrected chi connectivity index (χ0v) is 19.0. The van der Waals surface area contributed by atoms with Gasteiger partial charge in [0.05, 0.1) is 39.4 Å². The Hall–Kier alpha value is -3.20.